The summed E-state index contributed by atoms with van der Waals surface area (Å²) in [5, 5.41) is 0. The Hall–Kier alpha value is -4.66. The van der Waals surface area contributed by atoms with E-state index < -0.39 is 133 Å². The van der Waals surface area contributed by atoms with Crippen LogP contribution in [0.3, 0.4) is 0 Å². The number of benzene rings is 2. The van der Waals surface area contributed by atoms with E-state index in [0.29, 0.717) is 36.4 Å². The lowest BCUT2D eigenvalue weighted by Crippen LogP contribution is -2.70. The molecule has 0 bridgehead atoms. The number of rotatable bonds is 22. The molecule has 39 heteroatoms. The second-order valence-electron chi connectivity index (χ2n) is 14.5. The molecule has 5 nitrogen and oxygen atoms in total. The van der Waals surface area contributed by atoms with E-state index in [-0.39, 0.29) is 35.4 Å². The average Bonchev–Trinajstić information content (AvgIpc) is 3.20. The van der Waals surface area contributed by atoms with E-state index in [2.05, 4.69) is 27.4 Å². The smallest absolute Gasteiger partial charge is 0.362 e. The highest BCUT2D eigenvalue weighted by atomic mass is 19.5. The standard InChI is InChI=1S/C36H20F34O5/c1-3-15-5-9-17(10-6-15)13-19(21(37,27(45,46)47)72-35(67,68)25(43,31(57,58)59)74-33(63,64)23(39,40)29(51,52)53)71-20(14-18-11-7-16(4-2)8-12-18)22(38,28(48,49)50)73-36(69,70)26(44,32(60,61)62)75-34(65,66)24(41,42)30(54,55)56/h3-12,19-20H,1-2,13-14H2. The van der Waals surface area contributed by atoms with Gasteiger partial charge in [-0.3, -0.25) is 18.9 Å². The molecule has 0 radical (unpaired) electrons. The first kappa shape index (κ1) is 66.5. The Bertz CT molecular complexity index is 2100. The third-order valence-electron chi connectivity index (χ3n) is 9.21. The van der Waals surface area contributed by atoms with Crippen molar-refractivity contribution in [1.82, 2.24) is 0 Å². The van der Waals surface area contributed by atoms with E-state index in [4.69, 9.17) is 0 Å². The van der Waals surface area contributed by atoms with Crippen molar-refractivity contribution in [3.8, 4) is 0 Å². The molecule has 0 fully saturated rings. The number of hydrogen-bond acceptors (Lipinski definition) is 5. The highest BCUT2D eigenvalue weighted by molar-refractivity contribution is 5.48. The van der Waals surface area contributed by atoms with E-state index in [0.717, 1.165) is 0 Å². The van der Waals surface area contributed by atoms with E-state index in [1.54, 1.807) is 0 Å². The lowest BCUT2D eigenvalue weighted by atomic mass is 9.96. The van der Waals surface area contributed by atoms with E-state index in [1.165, 1.54) is 9.47 Å². The van der Waals surface area contributed by atoms with Crippen molar-refractivity contribution < 1.29 is 173 Å². The fourth-order valence-corrected chi connectivity index (χ4v) is 5.23. The van der Waals surface area contributed by atoms with Gasteiger partial charge in [-0.1, -0.05) is 73.8 Å². The van der Waals surface area contributed by atoms with Crippen molar-refractivity contribution in [1.29, 1.82) is 0 Å². The van der Waals surface area contributed by atoms with Crippen LogP contribution in [0.2, 0.25) is 0 Å². The molecule has 0 aromatic heterocycles. The minimum absolute atomic E-state index is 0.134. The second kappa shape index (κ2) is 20.3. The van der Waals surface area contributed by atoms with Crippen LogP contribution in [0.4, 0.5) is 149 Å². The molecule has 2 rings (SSSR count). The van der Waals surface area contributed by atoms with Crippen molar-refractivity contribution >= 4 is 12.2 Å². The molecular weight excluding hydrogens is 1160 g/mol. The maximum absolute atomic E-state index is 16.7. The largest absolute Gasteiger partial charge is 0.462 e. The average molecular weight is 1180 g/mol. The molecule has 6 unspecified atom stereocenters. The first-order valence-corrected chi connectivity index (χ1v) is 18.2. The quantitative estimate of drug-likeness (QED) is 0.110. The third-order valence-corrected chi connectivity index (χ3v) is 9.21. The third kappa shape index (κ3) is 12.7. The van der Waals surface area contributed by atoms with Crippen LogP contribution in [0.5, 0.6) is 0 Å². The van der Waals surface area contributed by atoms with Gasteiger partial charge in [-0.05, 0) is 22.3 Å². The monoisotopic (exact) mass is 1180 g/mol. The van der Waals surface area contributed by atoms with Crippen LogP contribution in [0.15, 0.2) is 61.7 Å². The van der Waals surface area contributed by atoms with E-state index in [1.807, 2.05) is 0 Å². The number of hydrogen-bond donors (Lipinski definition) is 0. The van der Waals surface area contributed by atoms with Crippen molar-refractivity contribution in [3.05, 3.63) is 83.9 Å². The van der Waals surface area contributed by atoms with Gasteiger partial charge < -0.3 is 4.74 Å². The van der Waals surface area contributed by atoms with E-state index in [9.17, 15) is 114 Å². The molecule has 0 saturated carbocycles. The molecule has 432 valence electrons. The van der Waals surface area contributed by atoms with Crippen molar-refractivity contribution in [2.75, 3.05) is 0 Å². The zero-order valence-electron chi connectivity index (χ0n) is 34.6. The van der Waals surface area contributed by atoms with Crippen molar-refractivity contribution in [3.63, 3.8) is 0 Å². The molecule has 2 aromatic carbocycles. The topological polar surface area (TPSA) is 46.2 Å². The Labute approximate surface area is 391 Å². The summed E-state index contributed by atoms with van der Waals surface area (Å²) in [6, 6.07) is 2.38. The van der Waals surface area contributed by atoms with Crippen LogP contribution in [0.25, 0.3) is 12.2 Å². The lowest BCUT2D eigenvalue weighted by molar-refractivity contribution is -0.561. The zero-order valence-corrected chi connectivity index (χ0v) is 34.6. The van der Waals surface area contributed by atoms with Crippen LogP contribution in [0.1, 0.15) is 22.3 Å². The molecule has 0 aliphatic rings. The van der Waals surface area contributed by atoms with E-state index >= 15 is 35.1 Å². The van der Waals surface area contributed by atoms with Gasteiger partial charge in [0.05, 0.1) is 0 Å². The van der Waals surface area contributed by atoms with Gasteiger partial charge in [0.2, 0.25) is 0 Å². The SMILES string of the molecule is C=Cc1ccc(CC(OC(Cc2ccc(C=C)cc2)C(F)(OC(F)(F)C(F)(OC(F)(F)C(F)(F)C(F)(F)F)C(F)(F)F)C(F)(F)F)C(F)(OC(F)(F)C(F)(OC(F)(F)C(F)(F)C(F)(F)F)C(F)(F)F)C(F)(F)F)cc1. The molecule has 0 heterocycles. The van der Waals surface area contributed by atoms with Gasteiger partial charge in [0.25, 0.3) is 0 Å². The maximum atomic E-state index is 16.7. The Morgan fingerprint density at radius 3 is 0.747 bits per heavy atom. The lowest BCUT2D eigenvalue weighted by Gasteiger charge is -2.45. The first-order valence-electron chi connectivity index (χ1n) is 18.2. The van der Waals surface area contributed by atoms with Crippen LogP contribution >= 0.6 is 0 Å². The number of halogens is 34. The highest BCUT2D eigenvalue weighted by Gasteiger charge is 2.88. The molecule has 0 N–H and O–H groups in total. The first-order chi connectivity index (χ1) is 32.9. The molecular formula is C36H20F34O5. The van der Waals surface area contributed by atoms with Gasteiger partial charge in [-0.15, -0.1) is 0 Å². The summed E-state index contributed by atoms with van der Waals surface area (Å²) >= 11 is 0. The van der Waals surface area contributed by atoms with Crippen molar-refractivity contribution in [2.24, 2.45) is 0 Å². The summed E-state index contributed by atoms with van der Waals surface area (Å²) in [4.78, 5) is 0. The summed E-state index contributed by atoms with van der Waals surface area (Å²) in [5.74, 6) is -50.0. The predicted octanol–water partition coefficient (Wildman–Crippen LogP) is 15.3. The number of alkyl halides is 34. The Balaban J connectivity index is 3.28. The molecule has 0 aliphatic heterocycles. The van der Waals surface area contributed by atoms with Gasteiger partial charge in [0.1, 0.15) is 12.2 Å². The fraction of sp³-hybridized carbons (Fsp3) is 0.556. The summed E-state index contributed by atoms with van der Waals surface area (Å²) in [6.07, 6.45) is -99.5. The van der Waals surface area contributed by atoms with Crippen LogP contribution < -0.4 is 0 Å². The molecule has 0 amide bonds. The maximum Gasteiger partial charge on any atom is 0.462 e. The summed E-state index contributed by atoms with van der Waals surface area (Å²) in [7, 11) is 0. The fourth-order valence-electron chi connectivity index (χ4n) is 5.23. The Morgan fingerprint density at radius 2 is 0.560 bits per heavy atom. The molecule has 0 spiro atoms. The second-order valence-corrected chi connectivity index (χ2v) is 14.5. The van der Waals surface area contributed by atoms with Crippen LogP contribution in [0, 0.1) is 0 Å². The molecule has 0 saturated heterocycles. The minimum atomic E-state index is -8.79. The van der Waals surface area contributed by atoms with Crippen LogP contribution in [-0.2, 0) is 36.5 Å². The van der Waals surface area contributed by atoms with Gasteiger partial charge in [0.15, 0.2) is 0 Å². The minimum Gasteiger partial charge on any atom is -0.362 e. The Morgan fingerprint density at radius 1 is 0.320 bits per heavy atom. The normalized spacial score (nSPS) is 18.8. The summed E-state index contributed by atoms with van der Waals surface area (Å²) < 4.78 is 492. The zero-order chi connectivity index (χ0) is 59.5. The van der Waals surface area contributed by atoms with Gasteiger partial charge in [-0.2, -0.15) is 149 Å². The molecule has 2 aromatic rings. The number of ether oxygens (including phenoxy) is 5. The van der Waals surface area contributed by atoms with Crippen LogP contribution in [-0.4, -0.2) is 109 Å². The summed E-state index contributed by atoms with van der Waals surface area (Å²) in [5.41, 5.74) is -3.67. The molecule has 0 aliphatic carbocycles. The summed E-state index contributed by atoms with van der Waals surface area (Å²) in [6.45, 7) is 6.14. The highest BCUT2D eigenvalue weighted by Crippen LogP contribution is 2.60. The predicted molar refractivity (Wildman–Crippen MR) is 175 cm³/mol. The Kier molecular flexibility index (Phi) is 18.0. The van der Waals surface area contributed by atoms with Gasteiger partial charge >= 0.3 is 96.8 Å². The van der Waals surface area contributed by atoms with Gasteiger partial charge in [0, 0.05) is 12.8 Å². The molecule has 75 heavy (non-hydrogen) atoms. The van der Waals surface area contributed by atoms with Gasteiger partial charge in [-0.25, -0.2) is 0 Å². The molecule has 6 atom stereocenters. The van der Waals surface area contributed by atoms with Crippen molar-refractivity contribution in [2.45, 2.75) is 122 Å².